The summed E-state index contributed by atoms with van der Waals surface area (Å²) >= 11 is 15.5. The van der Waals surface area contributed by atoms with E-state index in [2.05, 4.69) is 20.9 Å². The van der Waals surface area contributed by atoms with E-state index >= 15 is 0 Å². The van der Waals surface area contributed by atoms with Gasteiger partial charge in [0, 0.05) is 16.5 Å². The number of benzene rings is 1. The first-order valence-corrected chi connectivity index (χ1v) is 11.7. The average molecular weight is 562 g/mol. The van der Waals surface area contributed by atoms with Crippen molar-refractivity contribution in [1.29, 1.82) is 0 Å². The van der Waals surface area contributed by atoms with Gasteiger partial charge in [-0.25, -0.2) is 14.6 Å². The number of hydrogen-bond acceptors (Lipinski definition) is 6. The predicted molar refractivity (Wildman–Crippen MR) is 133 cm³/mol. The van der Waals surface area contributed by atoms with Gasteiger partial charge >= 0.3 is 12.2 Å². The Morgan fingerprint density at radius 2 is 1.55 bits per heavy atom. The van der Waals surface area contributed by atoms with Gasteiger partial charge < -0.3 is 14.2 Å². The Labute approximate surface area is 212 Å². The molecule has 0 aliphatic carbocycles. The van der Waals surface area contributed by atoms with Crippen LogP contribution in [-0.4, -0.2) is 35.0 Å². The molecule has 7 nitrogen and oxygen atoms in total. The third kappa shape index (κ3) is 8.68. The van der Waals surface area contributed by atoms with Gasteiger partial charge in [-0.05, 0) is 93.4 Å². The van der Waals surface area contributed by atoms with Crippen molar-refractivity contribution in [1.82, 2.24) is 4.98 Å². The molecule has 180 valence electrons. The molecule has 1 heterocycles. The summed E-state index contributed by atoms with van der Waals surface area (Å²) in [6, 6.07) is 8.38. The fourth-order valence-electron chi connectivity index (χ4n) is 2.55. The number of anilines is 1. The van der Waals surface area contributed by atoms with Crippen molar-refractivity contribution >= 4 is 57.1 Å². The molecule has 0 unspecified atom stereocenters. The van der Waals surface area contributed by atoms with E-state index < -0.39 is 23.4 Å². The van der Waals surface area contributed by atoms with Crippen LogP contribution in [0.5, 0.6) is 5.75 Å². The zero-order valence-electron chi connectivity index (χ0n) is 19.4. The summed E-state index contributed by atoms with van der Waals surface area (Å²) in [5.41, 5.74) is -0.909. The lowest BCUT2D eigenvalue weighted by Gasteiger charge is -2.28. The number of hydrogen-bond donors (Lipinski definition) is 0. The number of rotatable bonds is 5. The second-order valence-electron chi connectivity index (χ2n) is 9.09. The summed E-state index contributed by atoms with van der Waals surface area (Å²) in [5.74, 6) is 0.123. The van der Waals surface area contributed by atoms with Crippen molar-refractivity contribution < 1.29 is 23.8 Å². The molecule has 2 rings (SSSR count). The quantitative estimate of drug-likeness (QED) is 0.353. The van der Waals surface area contributed by atoms with Crippen molar-refractivity contribution in [3.63, 3.8) is 0 Å². The average Bonchev–Trinajstić information content (AvgIpc) is 2.63. The molecule has 2 aromatic rings. The maximum atomic E-state index is 13.0. The Morgan fingerprint density at radius 1 is 0.970 bits per heavy atom. The summed E-state index contributed by atoms with van der Waals surface area (Å²) in [4.78, 5) is 31.0. The molecule has 0 radical (unpaired) electrons. The highest BCUT2D eigenvalue weighted by Crippen LogP contribution is 2.31. The lowest BCUT2D eigenvalue weighted by atomic mass is 10.1. The molecular formula is C23H27BrCl2N2O5. The second kappa shape index (κ2) is 10.9. The number of aromatic nitrogens is 1. The molecule has 10 heteroatoms. The molecule has 0 spiro atoms. The van der Waals surface area contributed by atoms with Crippen LogP contribution in [0.25, 0.3) is 0 Å². The van der Waals surface area contributed by atoms with Crippen LogP contribution in [0.15, 0.2) is 34.9 Å². The van der Waals surface area contributed by atoms with Crippen LogP contribution >= 0.6 is 39.1 Å². The first kappa shape index (κ1) is 27.2. The minimum atomic E-state index is -0.940. The van der Waals surface area contributed by atoms with Crippen LogP contribution < -0.4 is 9.64 Å². The van der Waals surface area contributed by atoms with Crippen molar-refractivity contribution in [2.45, 2.75) is 59.2 Å². The third-order valence-corrected chi connectivity index (χ3v) is 4.85. The molecule has 0 saturated heterocycles. The summed E-state index contributed by atoms with van der Waals surface area (Å²) < 4.78 is 17.1. The second-order valence-corrected chi connectivity index (χ2v) is 10.7. The van der Waals surface area contributed by atoms with E-state index in [9.17, 15) is 9.59 Å². The van der Waals surface area contributed by atoms with Crippen LogP contribution in [0, 0.1) is 0 Å². The van der Waals surface area contributed by atoms with E-state index in [1.807, 2.05) is 0 Å². The molecule has 0 aliphatic rings. The van der Waals surface area contributed by atoms with Crippen molar-refractivity contribution in [3.05, 3.63) is 50.5 Å². The van der Waals surface area contributed by atoms with E-state index in [1.165, 1.54) is 0 Å². The molecule has 1 aromatic carbocycles. The number of pyridine rings is 1. The minimum absolute atomic E-state index is 0.0648. The van der Waals surface area contributed by atoms with Gasteiger partial charge in [0.05, 0.1) is 6.61 Å². The van der Waals surface area contributed by atoms with E-state index in [0.717, 1.165) is 10.5 Å². The first-order chi connectivity index (χ1) is 15.2. The molecule has 0 atom stereocenters. The summed E-state index contributed by atoms with van der Waals surface area (Å²) in [6.07, 6.45) is -1.44. The summed E-state index contributed by atoms with van der Waals surface area (Å²) in [5, 5.41) is 1.11. The van der Waals surface area contributed by atoms with Gasteiger partial charge in [-0.2, -0.15) is 4.90 Å². The summed E-state index contributed by atoms with van der Waals surface area (Å²) in [6.45, 7) is 10.3. The largest absolute Gasteiger partial charge is 0.489 e. The van der Waals surface area contributed by atoms with E-state index in [4.69, 9.17) is 37.4 Å². The minimum Gasteiger partial charge on any atom is -0.489 e. The highest BCUT2D eigenvalue weighted by Gasteiger charge is 2.35. The van der Waals surface area contributed by atoms with Crippen LogP contribution in [-0.2, 0) is 15.9 Å². The van der Waals surface area contributed by atoms with Crippen LogP contribution in [0.4, 0.5) is 15.4 Å². The standard InChI is InChI=1S/C23H27BrCl2N2O5/c1-22(2,3)32-20(29)28(21(30)33-23(4,5)6)19-17(9-10-18(24)27-19)31-12-11-14-13-15(25)7-8-16(14)26/h7-10,13H,11-12H2,1-6H3. The zero-order valence-corrected chi connectivity index (χ0v) is 22.5. The highest BCUT2D eigenvalue weighted by atomic mass is 79.9. The predicted octanol–water partition coefficient (Wildman–Crippen LogP) is 7.45. The summed E-state index contributed by atoms with van der Waals surface area (Å²) in [7, 11) is 0. The van der Waals surface area contributed by atoms with Crippen molar-refractivity contribution in [3.8, 4) is 5.75 Å². The van der Waals surface area contributed by atoms with Crippen molar-refractivity contribution in [2.24, 2.45) is 0 Å². The Bertz CT molecular complexity index is 991. The molecular weight excluding hydrogens is 535 g/mol. The van der Waals surface area contributed by atoms with Gasteiger partial charge in [0.25, 0.3) is 0 Å². The number of halogens is 3. The SMILES string of the molecule is CC(C)(C)OC(=O)N(C(=O)OC(C)(C)C)c1nc(Br)ccc1OCCc1cc(Cl)ccc1Cl. The van der Waals surface area contributed by atoms with Gasteiger partial charge in [0.2, 0.25) is 0 Å². The Kier molecular flexibility index (Phi) is 9.01. The number of imide groups is 1. The fourth-order valence-corrected chi connectivity index (χ4v) is 3.26. The van der Waals surface area contributed by atoms with Crippen LogP contribution in [0.3, 0.4) is 0 Å². The van der Waals surface area contributed by atoms with Gasteiger partial charge in [-0.15, -0.1) is 0 Å². The van der Waals surface area contributed by atoms with Crippen LogP contribution in [0.1, 0.15) is 47.1 Å². The van der Waals surface area contributed by atoms with Crippen molar-refractivity contribution in [2.75, 3.05) is 11.5 Å². The zero-order chi connectivity index (χ0) is 25.0. The van der Waals surface area contributed by atoms with Gasteiger partial charge in [0.1, 0.15) is 15.8 Å². The van der Waals surface area contributed by atoms with Crippen LogP contribution in [0.2, 0.25) is 10.0 Å². The Hall–Kier alpha value is -2.03. The monoisotopic (exact) mass is 560 g/mol. The number of ether oxygens (including phenoxy) is 3. The molecule has 0 aliphatic heterocycles. The van der Waals surface area contributed by atoms with E-state index in [-0.39, 0.29) is 18.2 Å². The highest BCUT2D eigenvalue weighted by molar-refractivity contribution is 9.10. The molecule has 0 N–H and O–H groups in total. The number of carbonyl (C=O) groups is 2. The topological polar surface area (TPSA) is 78.0 Å². The molecule has 0 bridgehead atoms. The Balaban J connectivity index is 2.37. The lowest BCUT2D eigenvalue weighted by molar-refractivity contribution is 0.0427. The molecule has 2 amide bonds. The molecule has 0 fully saturated rings. The maximum absolute atomic E-state index is 13.0. The van der Waals surface area contributed by atoms with Gasteiger partial charge in [-0.3, -0.25) is 0 Å². The van der Waals surface area contributed by atoms with Gasteiger partial charge in [-0.1, -0.05) is 23.2 Å². The lowest BCUT2D eigenvalue weighted by Crippen LogP contribution is -2.44. The Morgan fingerprint density at radius 3 is 2.09 bits per heavy atom. The number of nitrogens with zero attached hydrogens (tertiary/aromatic N) is 2. The van der Waals surface area contributed by atoms with E-state index in [0.29, 0.717) is 21.1 Å². The number of amides is 2. The normalized spacial score (nSPS) is 11.7. The molecule has 0 saturated carbocycles. The first-order valence-electron chi connectivity index (χ1n) is 10.2. The third-order valence-electron chi connectivity index (χ3n) is 3.81. The maximum Gasteiger partial charge on any atom is 0.425 e. The van der Waals surface area contributed by atoms with E-state index in [1.54, 1.807) is 71.9 Å². The molecule has 33 heavy (non-hydrogen) atoms. The molecule has 1 aromatic heterocycles. The number of carbonyl (C=O) groups excluding carboxylic acids is 2. The van der Waals surface area contributed by atoms with Gasteiger partial charge in [0.15, 0.2) is 11.6 Å². The smallest absolute Gasteiger partial charge is 0.425 e. The fraction of sp³-hybridized carbons (Fsp3) is 0.435.